The summed E-state index contributed by atoms with van der Waals surface area (Å²) in [7, 11) is -6.96. The maximum absolute atomic E-state index is 12.1. The van der Waals surface area contributed by atoms with Gasteiger partial charge in [0.05, 0.1) is 16.8 Å². The molecule has 0 unspecified atom stereocenters. The van der Waals surface area contributed by atoms with Gasteiger partial charge in [0, 0.05) is 24.3 Å². The molecule has 0 bridgehead atoms. The maximum atomic E-state index is 12.1. The molecule has 0 aliphatic heterocycles. The summed E-state index contributed by atoms with van der Waals surface area (Å²) in [6.07, 6.45) is 4.89. The van der Waals surface area contributed by atoms with Crippen LogP contribution >= 0.6 is 0 Å². The lowest BCUT2D eigenvalue weighted by molar-refractivity contribution is 0.509. The normalized spacial score (nSPS) is 15.5. The zero-order chi connectivity index (χ0) is 17.4. The molecule has 24 heavy (non-hydrogen) atoms. The fourth-order valence-corrected chi connectivity index (χ4v) is 3.82. The molecule has 3 rings (SSSR count). The minimum Gasteiger partial charge on any atom is -0.440 e. The molecule has 1 heterocycles. The highest BCUT2D eigenvalue weighted by atomic mass is 32.2. The Morgan fingerprint density at radius 1 is 1.17 bits per heavy atom. The first-order valence-electron chi connectivity index (χ1n) is 7.48. The standard InChI is InChI=1S/C15H18N2O5S2/c1-23(18,19)9-8-17-24(20,21)13-6-4-11(5-7-13)14-10-16-15(22-14)12-2-3-12/h4-7,10,12,17H,2-3,8-9H2,1H3. The van der Waals surface area contributed by atoms with E-state index in [1.807, 2.05) is 0 Å². The van der Waals surface area contributed by atoms with Gasteiger partial charge >= 0.3 is 0 Å². The Morgan fingerprint density at radius 2 is 1.83 bits per heavy atom. The average Bonchev–Trinajstić information content (AvgIpc) is 3.23. The van der Waals surface area contributed by atoms with Crippen molar-refractivity contribution in [3.8, 4) is 11.3 Å². The fourth-order valence-electron chi connectivity index (χ4n) is 2.18. The van der Waals surface area contributed by atoms with Crippen LogP contribution < -0.4 is 4.72 Å². The second-order valence-corrected chi connectivity index (χ2v) is 9.92. The van der Waals surface area contributed by atoms with Crippen LogP contribution in [0.25, 0.3) is 11.3 Å². The van der Waals surface area contributed by atoms with Gasteiger partial charge in [0.15, 0.2) is 11.7 Å². The Kier molecular flexibility index (Phi) is 4.50. The highest BCUT2D eigenvalue weighted by molar-refractivity contribution is 7.91. The Hall–Kier alpha value is -1.71. The van der Waals surface area contributed by atoms with Crippen molar-refractivity contribution in [1.82, 2.24) is 9.71 Å². The highest BCUT2D eigenvalue weighted by Crippen LogP contribution is 2.40. The smallest absolute Gasteiger partial charge is 0.240 e. The Labute approximate surface area is 141 Å². The van der Waals surface area contributed by atoms with E-state index < -0.39 is 19.9 Å². The van der Waals surface area contributed by atoms with E-state index in [1.165, 1.54) is 12.1 Å². The van der Waals surface area contributed by atoms with Crippen LogP contribution in [-0.4, -0.2) is 40.4 Å². The number of oxazole rings is 1. The highest BCUT2D eigenvalue weighted by Gasteiger charge is 2.28. The van der Waals surface area contributed by atoms with Gasteiger partial charge in [-0.05, 0) is 37.1 Å². The predicted octanol–water partition coefficient (Wildman–Crippen LogP) is 1.54. The third kappa shape index (κ3) is 4.22. The van der Waals surface area contributed by atoms with Gasteiger partial charge in [0.25, 0.3) is 0 Å². The number of nitrogens with one attached hydrogen (secondary N) is 1. The molecule has 130 valence electrons. The van der Waals surface area contributed by atoms with Crippen molar-refractivity contribution in [3.05, 3.63) is 36.4 Å². The van der Waals surface area contributed by atoms with Gasteiger partial charge in [0.1, 0.15) is 9.84 Å². The van der Waals surface area contributed by atoms with Crippen molar-refractivity contribution in [3.63, 3.8) is 0 Å². The summed E-state index contributed by atoms with van der Waals surface area (Å²) in [6.45, 7) is -0.157. The second-order valence-electron chi connectivity index (χ2n) is 5.89. The van der Waals surface area contributed by atoms with Crippen LogP contribution in [0, 0.1) is 0 Å². The summed E-state index contributed by atoms with van der Waals surface area (Å²) in [5, 5.41) is 0. The zero-order valence-corrected chi connectivity index (χ0v) is 14.7. The van der Waals surface area contributed by atoms with Gasteiger partial charge in [-0.2, -0.15) is 0 Å². The first kappa shape index (κ1) is 17.1. The van der Waals surface area contributed by atoms with Crippen LogP contribution in [0.5, 0.6) is 0 Å². The molecule has 0 saturated heterocycles. The molecule has 0 radical (unpaired) electrons. The average molecular weight is 370 g/mol. The monoisotopic (exact) mass is 370 g/mol. The Balaban J connectivity index is 1.70. The van der Waals surface area contributed by atoms with Crippen LogP contribution in [-0.2, 0) is 19.9 Å². The second kappa shape index (κ2) is 6.30. The van der Waals surface area contributed by atoms with Crippen molar-refractivity contribution >= 4 is 19.9 Å². The molecule has 1 fully saturated rings. The minimum absolute atomic E-state index is 0.0710. The lowest BCUT2D eigenvalue weighted by atomic mass is 10.2. The lowest BCUT2D eigenvalue weighted by Crippen LogP contribution is -2.28. The van der Waals surface area contributed by atoms with Gasteiger partial charge in [-0.15, -0.1) is 0 Å². The minimum atomic E-state index is -3.74. The molecule has 0 spiro atoms. The molecule has 7 nitrogen and oxygen atoms in total. The van der Waals surface area contributed by atoms with Crippen LogP contribution in [0.3, 0.4) is 0 Å². The fraction of sp³-hybridized carbons (Fsp3) is 0.400. The van der Waals surface area contributed by atoms with Crippen LogP contribution in [0.1, 0.15) is 24.7 Å². The number of nitrogens with zero attached hydrogens (tertiary/aromatic N) is 1. The molecule has 0 atom stereocenters. The van der Waals surface area contributed by atoms with E-state index in [-0.39, 0.29) is 17.2 Å². The summed E-state index contributed by atoms with van der Waals surface area (Å²) in [5.74, 6) is 1.50. The third-order valence-electron chi connectivity index (χ3n) is 3.66. The van der Waals surface area contributed by atoms with E-state index in [4.69, 9.17) is 4.42 Å². The molecule has 9 heteroatoms. The summed E-state index contributed by atoms with van der Waals surface area (Å²) < 4.78 is 54.3. The predicted molar refractivity (Wildman–Crippen MR) is 88.8 cm³/mol. The lowest BCUT2D eigenvalue weighted by Gasteiger charge is -2.06. The summed E-state index contributed by atoms with van der Waals surface area (Å²) in [6, 6.07) is 6.19. The number of sulfonamides is 1. The summed E-state index contributed by atoms with van der Waals surface area (Å²) in [5.41, 5.74) is 0.740. The van der Waals surface area contributed by atoms with E-state index in [0.29, 0.717) is 11.7 Å². The molecule has 1 aromatic heterocycles. The molecule has 2 aromatic rings. The summed E-state index contributed by atoms with van der Waals surface area (Å²) in [4.78, 5) is 4.31. The van der Waals surface area contributed by atoms with E-state index >= 15 is 0 Å². The molecule has 1 aliphatic carbocycles. The van der Waals surface area contributed by atoms with Crippen molar-refractivity contribution < 1.29 is 21.3 Å². The number of sulfone groups is 1. The van der Waals surface area contributed by atoms with Crippen LogP contribution in [0.15, 0.2) is 39.8 Å². The van der Waals surface area contributed by atoms with Gasteiger partial charge in [-0.25, -0.2) is 26.5 Å². The van der Waals surface area contributed by atoms with Gasteiger partial charge in [-0.3, -0.25) is 0 Å². The van der Waals surface area contributed by atoms with Crippen molar-refractivity contribution in [2.75, 3.05) is 18.6 Å². The number of aromatic nitrogens is 1. The number of hydrogen-bond acceptors (Lipinski definition) is 6. The maximum Gasteiger partial charge on any atom is 0.240 e. The molecule has 1 saturated carbocycles. The number of benzene rings is 1. The van der Waals surface area contributed by atoms with Crippen molar-refractivity contribution in [2.24, 2.45) is 0 Å². The first-order chi connectivity index (χ1) is 11.2. The van der Waals surface area contributed by atoms with Crippen LogP contribution in [0.4, 0.5) is 0 Å². The van der Waals surface area contributed by atoms with E-state index in [2.05, 4.69) is 9.71 Å². The topological polar surface area (TPSA) is 106 Å². The Morgan fingerprint density at radius 3 is 2.42 bits per heavy atom. The molecule has 1 aromatic carbocycles. The third-order valence-corrected chi connectivity index (χ3v) is 6.09. The van der Waals surface area contributed by atoms with E-state index in [1.54, 1.807) is 18.3 Å². The SMILES string of the molecule is CS(=O)(=O)CCNS(=O)(=O)c1ccc(-c2cnc(C3CC3)o2)cc1. The van der Waals surface area contributed by atoms with Gasteiger partial charge < -0.3 is 4.42 Å². The van der Waals surface area contributed by atoms with E-state index in [0.717, 1.165) is 30.6 Å². The zero-order valence-electron chi connectivity index (χ0n) is 13.1. The first-order valence-corrected chi connectivity index (χ1v) is 11.0. The molecular formula is C15H18N2O5S2. The molecule has 1 aliphatic rings. The largest absolute Gasteiger partial charge is 0.440 e. The van der Waals surface area contributed by atoms with Crippen molar-refractivity contribution in [2.45, 2.75) is 23.7 Å². The van der Waals surface area contributed by atoms with Gasteiger partial charge in [0.2, 0.25) is 10.0 Å². The molecule has 1 N–H and O–H groups in total. The summed E-state index contributed by atoms with van der Waals surface area (Å²) >= 11 is 0. The molecular weight excluding hydrogens is 352 g/mol. The quantitative estimate of drug-likeness (QED) is 0.792. The van der Waals surface area contributed by atoms with Crippen LogP contribution in [0.2, 0.25) is 0 Å². The number of hydrogen-bond donors (Lipinski definition) is 1. The Bertz CT molecular complexity index is 926. The van der Waals surface area contributed by atoms with E-state index in [9.17, 15) is 16.8 Å². The van der Waals surface area contributed by atoms with Crippen molar-refractivity contribution in [1.29, 1.82) is 0 Å². The number of rotatable bonds is 7. The van der Waals surface area contributed by atoms with Gasteiger partial charge in [-0.1, -0.05) is 0 Å². The molecule has 0 amide bonds.